The van der Waals surface area contributed by atoms with Crippen molar-refractivity contribution in [3.63, 3.8) is 0 Å². The van der Waals surface area contributed by atoms with Gasteiger partial charge in [-0.3, -0.25) is 14.6 Å². The molecule has 1 N–H and O–H groups in total. The second kappa shape index (κ2) is 14.7. The number of nitrogens with zero attached hydrogens (tertiary/aromatic N) is 4. The molecule has 8 nitrogen and oxygen atoms in total. The van der Waals surface area contributed by atoms with E-state index in [9.17, 15) is 9.59 Å². The number of rotatable bonds is 8. The first-order valence-electron chi connectivity index (χ1n) is 11.9. The molecule has 0 bridgehead atoms. The Hall–Kier alpha value is -1.81. The van der Waals surface area contributed by atoms with Crippen molar-refractivity contribution in [2.24, 2.45) is 5.92 Å². The maximum absolute atomic E-state index is 13.6. The van der Waals surface area contributed by atoms with Crippen molar-refractivity contribution in [1.82, 2.24) is 25.4 Å². The van der Waals surface area contributed by atoms with E-state index < -0.39 is 0 Å². The average Bonchev–Trinajstić information content (AvgIpc) is 3.37. The van der Waals surface area contributed by atoms with Crippen LogP contribution in [0.15, 0.2) is 24.5 Å². The topological polar surface area (TPSA) is 97.3 Å². The van der Waals surface area contributed by atoms with Crippen LogP contribution in [-0.4, -0.2) is 58.2 Å². The Bertz CT molecular complexity index is 919. The van der Waals surface area contributed by atoms with Crippen LogP contribution in [-0.2, 0) is 16.1 Å². The molecule has 2 aromatic rings. The fourth-order valence-corrected chi connectivity index (χ4v) is 5.87. The van der Waals surface area contributed by atoms with Crippen molar-refractivity contribution in [2.75, 3.05) is 20.2 Å². The van der Waals surface area contributed by atoms with E-state index >= 15 is 0 Å². The lowest BCUT2D eigenvalue weighted by atomic mass is 9.82. The first-order valence-corrected chi connectivity index (χ1v) is 12.8. The van der Waals surface area contributed by atoms with E-state index in [2.05, 4.69) is 20.5 Å². The zero-order valence-electron chi connectivity index (χ0n) is 20.1. The quantitative estimate of drug-likeness (QED) is 0.492. The summed E-state index contributed by atoms with van der Waals surface area (Å²) in [6, 6.07) is 4.07. The third-order valence-electron chi connectivity index (χ3n) is 6.89. The molecule has 1 saturated carbocycles. The molecular weight excluding hydrogens is 509 g/mol. The minimum absolute atomic E-state index is 0. The van der Waals surface area contributed by atoms with Crippen molar-refractivity contribution in [2.45, 2.75) is 69.9 Å². The van der Waals surface area contributed by atoms with Gasteiger partial charge in [0.2, 0.25) is 5.01 Å². The number of carbonyl (C=O) groups excluding carboxylic acids is 2. The molecule has 2 aromatic heterocycles. The largest absolute Gasteiger partial charge is 0.469 e. The Morgan fingerprint density at radius 1 is 1.11 bits per heavy atom. The molecule has 0 atom stereocenters. The lowest BCUT2D eigenvalue weighted by molar-refractivity contribution is -0.141. The molecule has 194 valence electrons. The maximum atomic E-state index is 13.6. The van der Waals surface area contributed by atoms with Crippen LogP contribution >= 0.6 is 36.2 Å². The van der Waals surface area contributed by atoms with Crippen LogP contribution in [0.5, 0.6) is 0 Å². The van der Waals surface area contributed by atoms with Crippen molar-refractivity contribution in [3.8, 4) is 0 Å². The summed E-state index contributed by atoms with van der Waals surface area (Å²) in [4.78, 5) is 31.3. The standard InChI is InChI=1S/C24H33N5O3S.2ClH/c1-32-21(30)9-6-17-4-7-20(8-5-17)29(16-18-3-2-12-26-15-18)24(31)23-28-27-22(33-23)19-10-13-25-14-11-19;;/h2-3,12,15,17,19-20,25H,4-11,13-14,16H2,1H3;2*1H. The van der Waals surface area contributed by atoms with Crippen LogP contribution in [0.25, 0.3) is 0 Å². The fraction of sp³-hybridized carbons (Fsp3) is 0.625. The van der Waals surface area contributed by atoms with Gasteiger partial charge in [0.1, 0.15) is 5.01 Å². The number of methoxy groups -OCH3 is 1. The van der Waals surface area contributed by atoms with Crippen LogP contribution in [0, 0.1) is 5.92 Å². The zero-order valence-corrected chi connectivity index (χ0v) is 22.5. The van der Waals surface area contributed by atoms with Gasteiger partial charge in [-0.15, -0.1) is 35.0 Å². The molecule has 35 heavy (non-hydrogen) atoms. The summed E-state index contributed by atoms with van der Waals surface area (Å²) in [6.45, 7) is 2.49. The van der Waals surface area contributed by atoms with Crippen LogP contribution in [0.1, 0.15) is 77.7 Å². The van der Waals surface area contributed by atoms with Gasteiger partial charge >= 0.3 is 5.97 Å². The Morgan fingerprint density at radius 3 is 2.51 bits per heavy atom. The molecule has 2 fully saturated rings. The molecule has 2 aliphatic rings. The molecule has 11 heteroatoms. The number of halogens is 2. The number of pyridine rings is 1. The van der Waals surface area contributed by atoms with E-state index in [-0.39, 0.29) is 42.7 Å². The van der Waals surface area contributed by atoms with Gasteiger partial charge in [0, 0.05) is 37.3 Å². The van der Waals surface area contributed by atoms with Crippen molar-refractivity contribution in [1.29, 1.82) is 0 Å². The van der Waals surface area contributed by atoms with Gasteiger partial charge in [0.05, 0.1) is 7.11 Å². The SMILES string of the molecule is COC(=O)CCC1CCC(N(Cc2cccnc2)C(=O)c2nnc(C3CCNCC3)s2)CC1.Cl.Cl. The van der Waals surface area contributed by atoms with Crippen LogP contribution in [0.3, 0.4) is 0 Å². The Morgan fingerprint density at radius 2 is 1.86 bits per heavy atom. The van der Waals surface area contributed by atoms with E-state index in [0.717, 1.165) is 68.6 Å². The molecular formula is C24H35Cl2N5O3S. The summed E-state index contributed by atoms with van der Waals surface area (Å²) >= 11 is 1.46. The zero-order chi connectivity index (χ0) is 23.0. The number of hydrogen-bond donors (Lipinski definition) is 1. The van der Waals surface area contributed by atoms with E-state index in [4.69, 9.17) is 4.74 Å². The van der Waals surface area contributed by atoms with Crippen LogP contribution < -0.4 is 5.32 Å². The first kappa shape index (κ1) is 29.4. The van der Waals surface area contributed by atoms with Gasteiger partial charge in [-0.05, 0) is 75.6 Å². The van der Waals surface area contributed by atoms with Gasteiger partial charge in [-0.2, -0.15) is 0 Å². The molecule has 0 spiro atoms. The molecule has 3 heterocycles. The predicted molar refractivity (Wildman–Crippen MR) is 140 cm³/mol. The van der Waals surface area contributed by atoms with Crippen molar-refractivity contribution < 1.29 is 14.3 Å². The first-order chi connectivity index (χ1) is 16.1. The third kappa shape index (κ3) is 8.10. The number of carbonyl (C=O) groups is 2. The minimum atomic E-state index is -0.147. The number of ether oxygens (including phenoxy) is 1. The molecule has 0 aromatic carbocycles. The van der Waals surface area contributed by atoms with Crippen LogP contribution in [0.2, 0.25) is 0 Å². The minimum Gasteiger partial charge on any atom is -0.469 e. The number of piperidine rings is 1. The summed E-state index contributed by atoms with van der Waals surface area (Å²) in [5.41, 5.74) is 1.02. The highest BCUT2D eigenvalue weighted by Gasteiger charge is 2.32. The number of nitrogens with one attached hydrogen (secondary N) is 1. The highest BCUT2D eigenvalue weighted by molar-refractivity contribution is 7.13. The van der Waals surface area contributed by atoms with Crippen molar-refractivity contribution in [3.05, 3.63) is 40.1 Å². The monoisotopic (exact) mass is 543 g/mol. The summed E-state index contributed by atoms with van der Waals surface area (Å²) in [5, 5.41) is 13.5. The van der Waals surface area contributed by atoms with E-state index in [0.29, 0.717) is 29.8 Å². The van der Waals surface area contributed by atoms with Crippen molar-refractivity contribution >= 4 is 48.0 Å². The Labute approximate surface area is 223 Å². The van der Waals surface area contributed by atoms with Crippen LogP contribution in [0.4, 0.5) is 0 Å². The third-order valence-corrected chi connectivity index (χ3v) is 7.96. The summed E-state index contributed by atoms with van der Waals surface area (Å²) in [6.07, 6.45) is 10.8. The van der Waals surface area contributed by atoms with Gasteiger partial charge in [-0.1, -0.05) is 17.4 Å². The van der Waals surface area contributed by atoms with E-state index in [1.165, 1.54) is 18.4 Å². The second-order valence-electron chi connectivity index (χ2n) is 9.05. The van der Waals surface area contributed by atoms with Gasteiger partial charge in [-0.25, -0.2) is 0 Å². The molecule has 0 unspecified atom stereocenters. The van der Waals surface area contributed by atoms with E-state index in [1.807, 2.05) is 23.2 Å². The molecule has 1 aliphatic carbocycles. The Balaban J connectivity index is 0.00000216. The number of esters is 1. The fourth-order valence-electron chi connectivity index (χ4n) is 4.90. The smallest absolute Gasteiger partial charge is 0.305 e. The summed E-state index contributed by atoms with van der Waals surface area (Å²) in [7, 11) is 1.44. The second-order valence-corrected chi connectivity index (χ2v) is 10.1. The summed E-state index contributed by atoms with van der Waals surface area (Å²) in [5.74, 6) is 0.715. The predicted octanol–water partition coefficient (Wildman–Crippen LogP) is 4.40. The average molecular weight is 545 g/mol. The normalized spacial score (nSPS) is 20.3. The highest BCUT2D eigenvalue weighted by Crippen LogP contribution is 2.33. The molecule has 1 saturated heterocycles. The van der Waals surface area contributed by atoms with Gasteiger partial charge in [0.15, 0.2) is 0 Å². The highest BCUT2D eigenvalue weighted by atomic mass is 35.5. The molecule has 0 radical (unpaired) electrons. The molecule has 1 amide bonds. The van der Waals surface area contributed by atoms with Gasteiger partial charge in [0.25, 0.3) is 5.91 Å². The number of aromatic nitrogens is 3. The number of hydrogen-bond acceptors (Lipinski definition) is 8. The molecule has 4 rings (SSSR count). The lowest BCUT2D eigenvalue weighted by Crippen LogP contribution is -2.42. The lowest BCUT2D eigenvalue weighted by Gasteiger charge is -2.36. The number of amides is 1. The van der Waals surface area contributed by atoms with E-state index in [1.54, 1.807) is 6.20 Å². The maximum Gasteiger partial charge on any atom is 0.305 e. The van der Waals surface area contributed by atoms with Gasteiger partial charge < -0.3 is 15.0 Å². The Kier molecular flexibility index (Phi) is 12.3. The summed E-state index contributed by atoms with van der Waals surface area (Å²) < 4.78 is 4.78. The molecule has 1 aliphatic heterocycles.